The monoisotopic (exact) mass is 256 g/mol. The number of thiophene rings is 1. The van der Waals surface area contributed by atoms with Crippen molar-refractivity contribution >= 4 is 28.1 Å². The first kappa shape index (κ1) is 11.2. The van der Waals surface area contributed by atoms with Crippen molar-refractivity contribution in [3.05, 3.63) is 58.0 Å². The van der Waals surface area contributed by atoms with Crippen LogP contribution in [0, 0.1) is 6.92 Å². The Hall–Kier alpha value is -1.87. The summed E-state index contributed by atoms with van der Waals surface area (Å²) >= 11 is 1.59. The van der Waals surface area contributed by atoms with Gasteiger partial charge in [0.05, 0.1) is 0 Å². The van der Waals surface area contributed by atoms with E-state index in [2.05, 4.69) is 0 Å². The lowest BCUT2D eigenvalue weighted by molar-refractivity contribution is 0.0969. The van der Waals surface area contributed by atoms with Crippen molar-refractivity contribution in [2.24, 2.45) is 0 Å². The van der Waals surface area contributed by atoms with E-state index in [0.29, 0.717) is 12.2 Å². The van der Waals surface area contributed by atoms with Crippen molar-refractivity contribution in [1.29, 1.82) is 0 Å². The molecule has 1 aromatic carbocycles. The van der Waals surface area contributed by atoms with Gasteiger partial charge in [-0.1, -0.05) is 17.7 Å². The molecular weight excluding hydrogens is 244 g/mol. The molecule has 2 aromatic heterocycles. The Labute approximate surface area is 109 Å². The third-order valence-corrected chi connectivity index (χ3v) is 3.74. The first-order valence-electron chi connectivity index (χ1n) is 5.78. The molecule has 3 aromatic rings. The van der Waals surface area contributed by atoms with Crippen LogP contribution in [0.5, 0.6) is 0 Å². The second-order valence-corrected chi connectivity index (χ2v) is 5.36. The SMILES string of the molecule is Cc1ccc2oc(C(=O)Cc3cccs3)cc2c1. The first-order chi connectivity index (χ1) is 8.72. The smallest absolute Gasteiger partial charge is 0.203 e. The number of fused-ring (bicyclic) bond motifs is 1. The van der Waals surface area contributed by atoms with Crippen LogP contribution < -0.4 is 0 Å². The van der Waals surface area contributed by atoms with Crippen molar-refractivity contribution in [1.82, 2.24) is 0 Å². The molecule has 0 fully saturated rings. The summed E-state index contributed by atoms with van der Waals surface area (Å²) in [5, 5.41) is 2.97. The Morgan fingerprint density at radius 2 is 2.17 bits per heavy atom. The molecule has 0 aliphatic carbocycles. The van der Waals surface area contributed by atoms with Crippen LogP contribution in [-0.2, 0) is 6.42 Å². The van der Waals surface area contributed by atoms with Crippen LogP contribution in [0.15, 0.2) is 46.2 Å². The zero-order valence-corrected chi connectivity index (χ0v) is 10.8. The average molecular weight is 256 g/mol. The van der Waals surface area contributed by atoms with Gasteiger partial charge < -0.3 is 4.42 Å². The first-order valence-corrected chi connectivity index (χ1v) is 6.66. The molecule has 3 heteroatoms. The van der Waals surface area contributed by atoms with Crippen molar-refractivity contribution in [3.63, 3.8) is 0 Å². The lowest BCUT2D eigenvalue weighted by Crippen LogP contribution is -1.99. The molecule has 0 radical (unpaired) electrons. The molecule has 0 spiro atoms. The molecule has 90 valence electrons. The normalized spacial score (nSPS) is 10.9. The summed E-state index contributed by atoms with van der Waals surface area (Å²) in [6.45, 7) is 2.03. The van der Waals surface area contributed by atoms with Gasteiger partial charge in [0.2, 0.25) is 5.78 Å². The Morgan fingerprint density at radius 3 is 2.94 bits per heavy atom. The van der Waals surface area contributed by atoms with Gasteiger partial charge in [0.1, 0.15) is 5.58 Å². The summed E-state index contributed by atoms with van der Waals surface area (Å²) in [4.78, 5) is 13.1. The van der Waals surface area contributed by atoms with Crippen molar-refractivity contribution < 1.29 is 9.21 Å². The zero-order chi connectivity index (χ0) is 12.5. The Morgan fingerprint density at radius 1 is 1.28 bits per heavy atom. The Balaban J connectivity index is 1.92. The minimum atomic E-state index is 0.0336. The average Bonchev–Trinajstić information content (AvgIpc) is 2.96. The van der Waals surface area contributed by atoms with Gasteiger partial charge >= 0.3 is 0 Å². The standard InChI is InChI=1S/C15H12O2S/c1-10-4-5-14-11(7-10)8-15(17-14)13(16)9-12-3-2-6-18-12/h2-8H,9H2,1H3. The predicted octanol–water partition coefficient (Wildman–Crippen LogP) is 4.23. The second kappa shape index (κ2) is 4.42. The van der Waals surface area contributed by atoms with Crippen LogP contribution in [-0.4, -0.2) is 5.78 Å². The number of aryl methyl sites for hydroxylation is 1. The van der Waals surface area contributed by atoms with Gasteiger partial charge in [-0.05, 0) is 36.6 Å². The molecule has 0 unspecified atom stereocenters. The highest BCUT2D eigenvalue weighted by atomic mass is 32.1. The van der Waals surface area contributed by atoms with Gasteiger partial charge in [0.25, 0.3) is 0 Å². The fourth-order valence-corrected chi connectivity index (χ4v) is 2.66. The van der Waals surface area contributed by atoms with Crippen LogP contribution in [0.1, 0.15) is 21.0 Å². The highest BCUT2D eigenvalue weighted by Crippen LogP contribution is 2.22. The fourth-order valence-electron chi connectivity index (χ4n) is 1.96. The summed E-state index contributed by atoms with van der Waals surface area (Å²) in [6, 6.07) is 11.7. The second-order valence-electron chi connectivity index (χ2n) is 4.33. The number of hydrogen-bond acceptors (Lipinski definition) is 3. The number of furan rings is 1. The molecule has 0 amide bonds. The molecule has 0 saturated heterocycles. The van der Waals surface area contributed by atoms with Gasteiger partial charge in [-0.3, -0.25) is 4.79 Å². The minimum absolute atomic E-state index is 0.0336. The van der Waals surface area contributed by atoms with Gasteiger partial charge in [-0.15, -0.1) is 11.3 Å². The summed E-state index contributed by atoms with van der Waals surface area (Å²) in [5.74, 6) is 0.482. The van der Waals surface area contributed by atoms with Crippen LogP contribution >= 0.6 is 11.3 Å². The van der Waals surface area contributed by atoms with Gasteiger partial charge in [0.15, 0.2) is 5.76 Å². The van der Waals surface area contributed by atoms with Crippen LogP contribution in [0.2, 0.25) is 0 Å². The van der Waals surface area contributed by atoms with Gasteiger partial charge in [0, 0.05) is 16.7 Å². The molecule has 0 aliphatic rings. The molecule has 0 saturated carbocycles. The number of Topliss-reactive ketones (excluding diaryl/α,β-unsaturated/α-hetero) is 1. The van der Waals surface area contributed by atoms with Crippen molar-refractivity contribution in [2.75, 3.05) is 0 Å². The molecule has 2 heterocycles. The number of benzene rings is 1. The van der Waals surface area contributed by atoms with Crippen LogP contribution in [0.4, 0.5) is 0 Å². The maximum absolute atomic E-state index is 12.1. The summed E-state index contributed by atoms with van der Waals surface area (Å²) < 4.78 is 5.59. The van der Waals surface area contributed by atoms with E-state index in [9.17, 15) is 4.79 Å². The maximum Gasteiger partial charge on any atom is 0.203 e. The third kappa shape index (κ3) is 2.09. The largest absolute Gasteiger partial charge is 0.453 e. The zero-order valence-electron chi connectivity index (χ0n) is 9.97. The number of rotatable bonds is 3. The molecule has 18 heavy (non-hydrogen) atoms. The predicted molar refractivity (Wildman–Crippen MR) is 73.3 cm³/mol. The van der Waals surface area contributed by atoms with E-state index in [1.54, 1.807) is 11.3 Å². The fraction of sp³-hybridized carbons (Fsp3) is 0.133. The Bertz CT molecular complexity index is 692. The summed E-state index contributed by atoms with van der Waals surface area (Å²) in [7, 11) is 0. The molecule has 2 nitrogen and oxygen atoms in total. The number of carbonyl (C=O) groups excluding carboxylic acids is 1. The van der Waals surface area contributed by atoms with E-state index in [0.717, 1.165) is 15.8 Å². The third-order valence-electron chi connectivity index (χ3n) is 2.86. The van der Waals surface area contributed by atoms with Crippen LogP contribution in [0.25, 0.3) is 11.0 Å². The molecule has 0 bridgehead atoms. The molecule has 0 N–H and O–H groups in total. The molecular formula is C15H12O2S. The quantitative estimate of drug-likeness (QED) is 0.656. The van der Waals surface area contributed by atoms with Crippen LogP contribution in [0.3, 0.4) is 0 Å². The lowest BCUT2D eigenvalue weighted by Gasteiger charge is -1.93. The summed E-state index contributed by atoms with van der Waals surface area (Å²) in [6.07, 6.45) is 0.413. The summed E-state index contributed by atoms with van der Waals surface area (Å²) in [5.41, 5.74) is 1.94. The molecule has 3 rings (SSSR count). The highest BCUT2D eigenvalue weighted by Gasteiger charge is 2.13. The molecule has 0 atom stereocenters. The maximum atomic E-state index is 12.1. The van der Waals surface area contributed by atoms with E-state index >= 15 is 0 Å². The number of carbonyl (C=O) groups is 1. The van der Waals surface area contributed by atoms with E-state index in [1.165, 1.54) is 5.56 Å². The Kier molecular flexibility index (Phi) is 2.76. The van der Waals surface area contributed by atoms with Gasteiger partial charge in [-0.25, -0.2) is 0 Å². The number of ketones is 1. The van der Waals surface area contributed by atoms with E-state index in [4.69, 9.17) is 4.42 Å². The van der Waals surface area contributed by atoms with Crippen molar-refractivity contribution in [3.8, 4) is 0 Å². The lowest BCUT2D eigenvalue weighted by atomic mass is 10.1. The van der Waals surface area contributed by atoms with Crippen molar-refractivity contribution in [2.45, 2.75) is 13.3 Å². The topological polar surface area (TPSA) is 30.2 Å². The van der Waals surface area contributed by atoms with E-state index in [-0.39, 0.29) is 5.78 Å². The van der Waals surface area contributed by atoms with E-state index < -0.39 is 0 Å². The minimum Gasteiger partial charge on any atom is -0.453 e. The van der Waals surface area contributed by atoms with Gasteiger partial charge in [-0.2, -0.15) is 0 Å². The number of hydrogen-bond donors (Lipinski definition) is 0. The molecule has 0 aliphatic heterocycles. The van der Waals surface area contributed by atoms with E-state index in [1.807, 2.05) is 48.7 Å². The highest BCUT2D eigenvalue weighted by molar-refractivity contribution is 7.10.